The average Bonchev–Trinajstić information content (AvgIpc) is 3.09. The van der Waals surface area contributed by atoms with Crippen LogP contribution >= 0.6 is 23.7 Å². The lowest BCUT2D eigenvalue weighted by molar-refractivity contribution is -0.118. The van der Waals surface area contributed by atoms with Gasteiger partial charge < -0.3 is 15.5 Å². The van der Waals surface area contributed by atoms with Gasteiger partial charge in [-0.1, -0.05) is 58.8 Å². The summed E-state index contributed by atoms with van der Waals surface area (Å²) in [4.78, 5) is 14.0. The first-order valence-electron chi connectivity index (χ1n) is 10.2. The van der Waals surface area contributed by atoms with Crippen LogP contribution in [0, 0.1) is 0 Å². The Bertz CT molecular complexity index is 496. The summed E-state index contributed by atoms with van der Waals surface area (Å²) in [5.41, 5.74) is 0. The van der Waals surface area contributed by atoms with Crippen LogP contribution in [0.3, 0.4) is 0 Å². The minimum Gasteiger partial charge on any atom is -0.395 e. The molecule has 2 unspecified atom stereocenters. The first-order valence-corrected chi connectivity index (χ1v) is 11.1. The van der Waals surface area contributed by atoms with Crippen molar-refractivity contribution in [2.45, 2.75) is 90.2 Å². The van der Waals surface area contributed by atoms with E-state index in [-0.39, 0.29) is 30.8 Å². The highest BCUT2D eigenvalue weighted by molar-refractivity contribution is 7.12. The lowest BCUT2D eigenvalue weighted by Gasteiger charge is -2.20. The molecule has 4 nitrogen and oxygen atoms in total. The number of likely N-dealkylation sites (N-methyl/N-ethyl adjacent to an activating group) is 1. The highest BCUT2D eigenvalue weighted by atomic mass is 35.5. The van der Waals surface area contributed by atoms with Crippen LogP contribution < -0.4 is 5.32 Å². The molecule has 0 bridgehead atoms. The first-order chi connectivity index (χ1) is 12.6. The second-order valence-corrected chi connectivity index (χ2v) is 8.24. The molecule has 158 valence electrons. The third-order valence-corrected chi connectivity index (χ3v) is 5.85. The lowest BCUT2D eigenvalue weighted by Crippen LogP contribution is -2.37. The third kappa shape index (κ3) is 11.2. The summed E-state index contributed by atoms with van der Waals surface area (Å²) in [7, 11) is 0. The summed E-state index contributed by atoms with van der Waals surface area (Å²) < 4.78 is 0. The van der Waals surface area contributed by atoms with Crippen LogP contribution in [0.4, 0.5) is 0 Å². The molecule has 0 saturated heterocycles. The summed E-state index contributed by atoms with van der Waals surface area (Å²) in [6.07, 6.45) is 10.3. The van der Waals surface area contributed by atoms with Gasteiger partial charge in [0, 0.05) is 22.6 Å². The van der Waals surface area contributed by atoms with E-state index >= 15 is 0 Å². The van der Waals surface area contributed by atoms with Crippen LogP contribution in [-0.4, -0.2) is 35.2 Å². The molecule has 27 heavy (non-hydrogen) atoms. The van der Waals surface area contributed by atoms with E-state index in [2.05, 4.69) is 12.2 Å². The van der Waals surface area contributed by atoms with Crippen molar-refractivity contribution in [2.24, 2.45) is 0 Å². The van der Waals surface area contributed by atoms with E-state index in [9.17, 15) is 15.0 Å². The van der Waals surface area contributed by atoms with Gasteiger partial charge in [0.2, 0.25) is 0 Å². The molecule has 0 saturated carbocycles. The van der Waals surface area contributed by atoms with Gasteiger partial charge in [-0.15, -0.1) is 23.7 Å². The Morgan fingerprint density at radius 3 is 2.30 bits per heavy atom. The van der Waals surface area contributed by atoms with Crippen molar-refractivity contribution in [3.8, 4) is 0 Å². The van der Waals surface area contributed by atoms with E-state index in [1.807, 2.05) is 19.1 Å². The van der Waals surface area contributed by atoms with Crippen LogP contribution in [0.15, 0.2) is 12.1 Å². The molecule has 0 fully saturated rings. The molecule has 0 aromatic carbocycles. The molecule has 1 rings (SSSR count). The zero-order valence-corrected chi connectivity index (χ0v) is 18.5. The minimum atomic E-state index is -0.735. The maximum absolute atomic E-state index is 12.1. The fraction of sp³-hybridized carbons (Fsp3) is 0.762. The number of carbonyl (C=O) groups is 1. The van der Waals surface area contributed by atoms with Crippen molar-refractivity contribution in [3.63, 3.8) is 0 Å². The second-order valence-electron chi connectivity index (χ2n) is 7.04. The van der Waals surface area contributed by atoms with E-state index in [1.54, 1.807) is 0 Å². The Labute approximate surface area is 175 Å². The highest BCUT2D eigenvalue weighted by Crippen LogP contribution is 2.26. The zero-order valence-electron chi connectivity index (χ0n) is 16.9. The van der Waals surface area contributed by atoms with E-state index in [1.165, 1.54) is 49.9 Å². The number of Topliss-reactive ketones (excluding diaryl/α,β-unsaturated/α-hetero) is 1. The van der Waals surface area contributed by atoms with Crippen molar-refractivity contribution in [3.05, 3.63) is 21.9 Å². The minimum absolute atomic E-state index is 0. The lowest BCUT2D eigenvalue weighted by atomic mass is 10.0. The van der Waals surface area contributed by atoms with Crippen molar-refractivity contribution < 1.29 is 15.0 Å². The molecular formula is C21H38ClNO3S. The van der Waals surface area contributed by atoms with Crippen molar-refractivity contribution in [1.29, 1.82) is 0 Å². The number of aliphatic hydroxyl groups excluding tert-OH is 2. The standard InChI is InChI=1S/C21H37NO3S.ClH/c1-3-5-6-7-8-9-10-11-12-17(24)15-18-13-14-20(26-18)21(25)19(16-23)22-4-2;/h13-14,19,21-23,25H,3-12,15-16H2,1-2H3;1H. The average molecular weight is 420 g/mol. The van der Waals surface area contributed by atoms with Gasteiger partial charge in [-0.05, 0) is 25.1 Å². The molecule has 0 aliphatic carbocycles. The van der Waals surface area contributed by atoms with Gasteiger partial charge >= 0.3 is 0 Å². The molecule has 0 spiro atoms. The van der Waals surface area contributed by atoms with Crippen LogP contribution in [0.2, 0.25) is 0 Å². The molecule has 6 heteroatoms. The fourth-order valence-electron chi connectivity index (χ4n) is 3.12. The summed E-state index contributed by atoms with van der Waals surface area (Å²) in [6, 6.07) is 3.43. The van der Waals surface area contributed by atoms with Crippen molar-refractivity contribution in [2.75, 3.05) is 13.2 Å². The van der Waals surface area contributed by atoms with E-state index < -0.39 is 6.10 Å². The van der Waals surface area contributed by atoms with Gasteiger partial charge in [-0.3, -0.25) is 4.79 Å². The number of rotatable bonds is 16. The third-order valence-electron chi connectivity index (χ3n) is 4.70. The Morgan fingerprint density at radius 2 is 1.70 bits per heavy atom. The van der Waals surface area contributed by atoms with Crippen LogP contribution in [-0.2, 0) is 11.2 Å². The molecule has 0 radical (unpaired) electrons. The number of carbonyl (C=O) groups excluding carboxylic acids is 1. The monoisotopic (exact) mass is 419 g/mol. The molecule has 1 aromatic rings. The predicted octanol–water partition coefficient (Wildman–Crippen LogP) is 4.82. The predicted molar refractivity (Wildman–Crippen MR) is 117 cm³/mol. The zero-order chi connectivity index (χ0) is 19.2. The fourth-order valence-corrected chi connectivity index (χ4v) is 4.22. The number of thiophene rings is 1. The summed E-state index contributed by atoms with van der Waals surface area (Å²) >= 11 is 1.47. The number of hydrogen-bond donors (Lipinski definition) is 3. The number of unbranched alkanes of at least 4 members (excludes halogenated alkanes) is 7. The molecule has 1 heterocycles. The van der Waals surface area contributed by atoms with Gasteiger partial charge in [0.25, 0.3) is 0 Å². The van der Waals surface area contributed by atoms with Crippen LogP contribution in [0.1, 0.15) is 87.5 Å². The van der Waals surface area contributed by atoms with Gasteiger partial charge in [-0.25, -0.2) is 0 Å². The van der Waals surface area contributed by atoms with Crippen LogP contribution in [0.5, 0.6) is 0 Å². The Hall–Kier alpha value is -0.460. The number of ketones is 1. The second kappa shape index (κ2) is 16.5. The van der Waals surface area contributed by atoms with E-state index in [0.29, 0.717) is 19.4 Å². The molecule has 0 aliphatic heterocycles. The normalized spacial score (nSPS) is 13.2. The largest absolute Gasteiger partial charge is 0.395 e. The number of hydrogen-bond acceptors (Lipinski definition) is 5. The van der Waals surface area contributed by atoms with E-state index in [4.69, 9.17) is 0 Å². The Morgan fingerprint density at radius 1 is 1.07 bits per heavy atom. The van der Waals surface area contributed by atoms with Gasteiger partial charge in [0.1, 0.15) is 11.9 Å². The molecule has 3 N–H and O–H groups in total. The van der Waals surface area contributed by atoms with Gasteiger partial charge in [-0.2, -0.15) is 0 Å². The van der Waals surface area contributed by atoms with Gasteiger partial charge in [0.05, 0.1) is 12.6 Å². The number of halogens is 1. The molecular weight excluding hydrogens is 382 g/mol. The number of aliphatic hydroxyl groups is 2. The van der Waals surface area contributed by atoms with Crippen LogP contribution in [0.25, 0.3) is 0 Å². The van der Waals surface area contributed by atoms with Gasteiger partial charge in [0.15, 0.2) is 0 Å². The van der Waals surface area contributed by atoms with E-state index in [0.717, 1.165) is 22.6 Å². The quantitative estimate of drug-likeness (QED) is 0.336. The summed E-state index contributed by atoms with van der Waals surface area (Å²) in [6.45, 7) is 4.76. The summed E-state index contributed by atoms with van der Waals surface area (Å²) in [5.74, 6) is 0.282. The maximum Gasteiger partial charge on any atom is 0.138 e. The SMILES string of the molecule is CCCCCCCCCCC(=O)Cc1ccc(C(O)C(CO)NCC)s1.Cl. The summed E-state index contributed by atoms with van der Waals surface area (Å²) in [5, 5.41) is 22.8. The maximum atomic E-state index is 12.1. The van der Waals surface area contributed by atoms with Crippen molar-refractivity contribution in [1.82, 2.24) is 5.32 Å². The molecule has 1 aromatic heterocycles. The molecule has 0 amide bonds. The number of nitrogens with one attached hydrogen (secondary N) is 1. The Kier molecular flexibility index (Phi) is 16.2. The van der Waals surface area contributed by atoms with Crippen molar-refractivity contribution >= 4 is 29.5 Å². The molecule has 0 aliphatic rings. The Balaban J connectivity index is 0.00000676. The smallest absolute Gasteiger partial charge is 0.138 e. The molecule has 2 atom stereocenters. The highest BCUT2D eigenvalue weighted by Gasteiger charge is 2.21. The first kappa shape index (κ1) is 26.5. The topological polar surface area (TPSA) is 69.6 Å².